The molecule has 0 spiro atoms. The third kappa shape index (κ3) is 6.40. The van der Waals surface area contributed by atoms with Crippen LogP contribution in [0.5, 0.6) is 0 Å². The van der Waals surface area contributed by atoms with Crippen molar-refractivity contribution in [3.8, 4) is 0 Å². The number of benzene rings is 1. The van der Waals surface area contributed by atoms with Gasteiger partial charge in [0.2, 0.25) is 11.8 Å². The Balaban J connectivity index is 1.89. The van der Waals surface area contributed by atoms with E-state index < -0.39 is 17.9 Å². The van der Waals surface area contributed by atoms with Crippen molar-refractivity contribution in [2.75, 3.05) is 18.4 Å². The summed E-state index contributed by atoms with van der Waals surface area (Å²) in [6.45, 7) is 1.98. The van der Waals surface area contributed by atoms with Crippen LogP contribution in [0.1, 0.15) is 49.4 Å². The first kappa shape index (κ1) is 20.4. The Morgan fingerprint density at radius 3 is 2.44 bits per heavy atom. The first-order chi connectivity index (χ1) is 12.9. The highest BCUT2D eigenvalue weighted by atomic mass is 16.4. The number of hydrogen-bond donors (Lipinski definition) is 3. The number of carbonyl (C=O) groups is 4. The van der Waals surface area contributed by atoms with E-state index in [1.54, 1.807) is 17.0 Å². The molecule has 27 heavy (non-hydrogen) atoms. The molecule has 1 atom stereocenters. The van der Waals surface area contributed by atoms with Gasteiger partial charge in [0.15, 0.2) is 0 Å². The molecule has 8 heteroatoms. The highest BCUT2D eigenvalue weighted by Gasteiger charge is 2.19. The van der Waals surface area contributed by atoms with Crippen molar-refractivity contribution in [2.24, 2.45) is 0 Å². The SMILES string of the molecule is CC(NC(=O)c1ccc(NC(=O)CN2CCCCCCC2=O)cc1)C(=O)O. The van der Waals surface area contributed by atoms with E-state index in [2.05, 4.69) is 10.6 Å². The quantitative estimate of drug-likeness (QED) is 0.699. The topological polar surface area (TPSA) is 116 Å². The maximum absolute atomic E-state index is 12.2. The number of likely N-dealkylation sites (tertiary alicyclic amines) is 1. The maximum atomic E-state index is 12.2. The van der Waals surface area contributed by atoms with Gasteiger partial charge in [0.05, 0.1) is 6.54 Å². The summed E-state index contributed by atoms with van der Waals surface area (Å²) < 4.78 is 0. The van der Waals surface area contributed by atoms with Gasteiger partial charge < -0.3 is 20.6 Å². The lowest BCUT2D eigenvalue weighted by Crippen LogP contribution is -2.39. The Kier molecular flexibility index (Phi) is 7.34. The minimum atomic E-state index is -1.12. The van der Waals surface area contributed by atoms with Crippen LogP contribution in [0.15, 0.2) is 24.3 Å². The number of anilines is 1. The number of hydrogen-bond acceptors (Lipinski definition) is 4. The number of aliphatic carboxylic acids is 1. The average Bonchev–Trinajstić information content (AvgIpc) is 2.62. The van der Waals surface area contributed by atoms with Crippen molar-refractivity contribution >= 4 is 29.4 Å². The Labute approximate surface area is 157 Å². The fraction of sp³-hybridized carbons (Fsp3) is 0.474. The van der Waals surface area contributed by atoms with Crippen LogP contribution in [0.2, 0.25) is 0 Å². The zero-order valence-electron chi connectivity index (χ0n) is 15.4. The molecule has 2 rings (SSSR count). The summed E-state index contributed by atoms with van der Waals surface area (Å²) in [5.41, 5.74) is 0.794. The molecule has 0 aliphatic carbocycles. The van der Waals surface area contributed by atoms with Gasteiger partial charge in [-0.1, -0.05) is 12.8 Å². The van der Waals surface area contributed by atoms with Gasteiger partial charge >= 0.3 is 5.97 Å². The maximum Gasteiger partial charge on any atom is 0.325 e. The van der Waals surface area contributed by atoms with Gasteiger partial charge in [0.25, 0.3) is 5.91 Å². The van der Waals surface area contributed by atoms with E-state index in [0.29, 0.717) is 24.2 Å². The monoisotopic (exact) mass is 375 g/mol. The predicted octanol–water partition coefficient (Wildman–Crippen LogP) is 1.62. The van der Waals surface area contributed by atoms with E-state index in [1.807, 2.05) is 0 Å². The molecule has 1 aliphatic rings. The van der Waals surface area contributed by atoms with Gasteiger partial charge in [-0.2, -0.15) is 0 Å². The molecule has 1 fully saturated rings. The number of carboxylic acid groups (broad SMARTS) is 1. The van der Waals surface area contributed by atoms with E-state index in [1.165, 1.54) is 19.1 Å². The summed E-state index contributed by atoms with van der Waals surface area (Å²) in [5.74, 6) is -1.91. The van der Waals surface area contributed by atoms with Crippen molar-refractivity contribution in [3.05, 3.63) is 29.8 Å². The third-order valence-electron chi connectivity index (χ3n) is 4.40. The van der Waals surface area contributed by atoms with E-state index >= 15 is 0 Å². The van der Waals surface area contributed by atoms with Gasteiger partial charge in [-0.15, -0.1) is 0 Å². The zero-order valence-corrected chi connectivity index (χ0v) is 15.4. The summed E-state index contributed by atoms with van der Waals surface area (Å²) in [5, 5.41) is 13.9. The number of amides is 3. The van der Waals surface area contributed by atoms with Crippen LogP contribution in [0.25, 0.3) is 0 Å². The summed E-state index contributed by atoms with van der Waals surface area (Å²) in [7, 11) is 0. The molecule has 0 aromatic heterocycles. The molecule has 0 bridgehead atoms. The summed E-state index contributed by atoms with van der Waals surface area (Å²) in [4.78, 5) is 48.6. The van der Waals surface area contributed by atoms with Gasteiger partial charge in [-0.25, -0.2) is 0 Å². The predicted molar refractivity (Wildman–Crippen MR) is 99.3 cm³/mol. The standard InChI is InChI=1S/C19H25N3O5/c1-13(19(26)27)20-18(25)14-7-9-15(10-8-14)21-16(23)12-22-11-5-3-2-4-6-17(22)24/h7-10,13H,2-6,11-12H2,1H3,(H,20,25)(H,21,23)(H,26,27). The highest BCUT2D eigenvalue weighted by Crippen LogP contribution is 2.13. The molecular formula is C19H25N3O5. The van der Waals surface area contributed by atoms with Crippen molar-refractivity contribution in [3.63, 3.8) is 0 Å². The van der Waals surface area contributed by atoms with Crippen LogP contribution in [0.4, 0.5) is 5.69 Å². The van der Waals surface area contributed by atoms with Gasteiger partial charge in [-0.3, -0.25) is 19.2 Å². The normalized spacial score (nSPS) is 16.0. The molecule has 3 amide bonds. The molecule has 8 nitrogen and oxygen atoms in total. The van der Waals surface area contributed by atoms with Crippen molar-refractivity contribution in [1.29, 1.82) is 0 Å². The number of carboxylic acids is 1. The number of rotatable bonds is 6. The number of carbonyl (C=O) groups excluding carboxylic acids is 3. The largest absolute Gasteiger partial charge is 0.480 e. The average molecular weight is 375 g/mol. The molecule has 1 aliphatic heterocycles. The van der Waals surface area contributed by atoms with Crippen molar-refractivity contribution in [1.82, 2.24) is 10.2 Å². The highest BCUT2D eigenvalue weighted by molar-refractivity contribution is 5.98. The molecule has 1 heterocycles. The number of nitrogens with one attached hydrogen (secondary N) is 2. The summed E-state index contributed by atoms with van der Waals surface area (Å²) >= 11 is 0. The van der Waals surface area contributed by atoms with Crippen LogP contribution >= 0.6 is 0 Å². The van der Waals surface area contributed by atoms with Crippen molar-refractivity contribution in [2.45, 2.75) is 45.1 Å². The second-order valence-electron chi connectivity index (χ2n) is 6.64. The molecule has 1 unspecified atom stereocenters. The van der Waals surface area contributed by atoms with Crippen LogP contribution < -0.4 is 10.6 Å². The van der Waals surface area contributed by atoms with Gasteiger partial charge in [0.1, 0.15) is 6.04 Å². The molecule has 1 aromatic carbocycles. The second kappa shape index (κ2) is 9.70. The Bertz CT molecular complexity index is 702. The molecule has 1 aromatic rings. The molecule has 146 valence electrons. The lowest BCUT2D eigenvalue weighted by atomic mass is 10.1. The molecule has 3 N–H and O–H groups in total. The van der Waals surface area contributed by atoms with E-state index in [4.69, 9.17) is 5.11 Å². The Morgan fingerprint density at radius 2 is 1.78 bits per heavy atom. The second-order valence-corrected chi connectivity index (χ2v) is 6.64. The summed E-state index contributed by atoms with van der Waals surface area (Å²) in [6.07, 6.45) is 4.36. The minimum absolute atomic E-state index is 0.00409. The molecule has 1 saturated heterocycles. The molecule has 0 saturated carbocycles. The van der Waals surface area contributed by atoms with Gasteiger partial charge in [0, 0.05) is 24.2 Å². The Hall–Kier alpha value is -2.90. The van der Waals surface area contributed by atoms with Crippen LogP contribution in [0.3, 0.4) is 0 Å². The zero-order chi connectivity index (χ0) is 19.8. The number of nitrogens with zero attached hydrogens (tertiary/aromatic N) is 1. The summed E-state index contributed by atoms with van der Waals surface area (Å²) in [6, 6.07) is 5.13. The third-order valence-corrected chi connectivity index (χ3v) is 4.40. The van der Waals surface area contributed by atoms with Gasteiger partial charge in [-0.05, 0) is 44.0 Å². The van der Waals surface area contributed by atoms with E-state index in [0.717, 1.165) is 25.7 Å². The first-order valence-electron chi connectivity index (χ1n) is 9.08. The van der Waals surface area contributed by atoms with E-state index in [-0.39, 0.29) is 18.4 Å². The minimum Gasteiger partial charge on any atom is -0.480 e. The smallest absolute Gasteiger partial charge is 0.325 e. The fourth-order valence-electron chi connectivity index (χ4n) is 2.80. The first-order valence-corrected chi connectivity index (χ1v) is 9.08. The molecular weight excluding hydrogens is 350 g/mol. The van der Waals surface area contributed by atoms with Crippen molar-refractivity contribution < 1.29 is 24.3 Å². The van der Waals surface area contributed by atoms with Crippen LogP contribution in [-0.2, 0) is 14.4 Å². The lowest BCUT2D eigenvalue weighted by molar-refractivity contribution is -0.138. The van der Waals surface area contributed by atoms with E-state index in [9.17, 15) is 19.2 Å². The molecule has 0 radical (unpaired) electrons. The van der Waals surface area contributed by atoms with Crippen LogP contribution in [0, 0.1) is 0 Å². The van der Waals surface area contributed by atoms with Crippen LogP contribution in [-0.4, -0.2) is 52.8 Å². The lowest BCUT2D eigenvalue weighted by Gasteiger charge is -2.24. The fourth-order valence-corrected chi connectivity index (χ4v) is 2.80. The Morgan fingerprint density at radius 1 is 1.11 bits per heavy atom.